The van der Waals surface area contributed by atoms with Gasteiger partial charge in [-0.15, -0.1) is 0 Å². The van der Waals surface area contributed by atoms with Gasteiger partial charge < -0.3 is 15.5 Å². The molecule has 0 radical (unpaired) electrons. The average molecular weight is 945 g/mol. The molecule has 0 aromatic heterocycles. The molecule has 2 atom stereocenters. The van der Waals surface area contributed by atoms with Crippen molar-refractivity contribution in [3.8, 4) is 0 Å². The predicted octanol–water partition coefficient (Wildman–Crippen LogP) is 20.9. The Morgan fingerprint density at radius 1 is 0.343 bits per heavy atom. The quantitative estimate of drug-likeness (QED) is 0.0420. The molecule has 0 spiro atoms. The monoisotopic (exact) mass is 944 g/mol. The van der Waals surface area contributed by atoms with E-state index in [0.717, 1.165) is 25.7 Å². The Hall–Kier alpha value is -0.870. The molecule has 0 saturated heterocycles. The maximum Gasteiger partial charge on any atom is 0.220 e. The van der Waals surface area contributed by atoms with Crippen LogP contribution in [0.1, 0.15) is 367 Å². The minimum absolute atomic E-state index is 0.0542. The summed E-state index contributed by atoms with van der Waals surface area (Å²) in [7, 11) is 0. The molecule has 1 amide bonds. The van der Waals surface area contributed by atoms with E-state index in [1.807, 2.05) is 6.08 Å². The van der Waals surface area contributed by atoms with Gasteiger partial charge in [-0.05, 0) is 19.3 Å². The molecule has 0 bridgehead atoms. The van der Waals surface area contributed by atoms with E-state index >= 15 is 0 Å². The van der Waals surface area contributed by atoms with E-state index < -0.39 is 12.1 Å². The van der Waals surface area contributed by atoms with E-state index in [2.05, 4.69) is 19.2 Å². The van der Waals surface area contributed by atoms with Gasteiger partial charge in [0.15, 0.2) is 0 Å². The lowest BCUT2D eigenvalue weighted by Gasteiger charge is -2.20. The van der Waals surface area contributed by atoms with Gasteiger partial charge in [0.2, 0.25) is 5.91 Å². The van der Waals surface area contributed by atoms with Crippen molar-refractivity contribution >= 4 is 5.91 Å². The zero-order valence-corrected chi connectivity index (χ0v) is 46.2. The number of carbonyl (C=O) groups excluding carboxylic acids is 1. The van der Waals surface area contributed by atoms with Gasteiger partial charge in [-0.2, -0.15) is 0 Å². The highest BCUT2D eigenvalue weighted by Crippen LogP contribution is 2.19. The average Bonchev–Trinajstić information content (AvgIpc) is 3.33. The van der Waals surface area contributed by atoms with E-state index in [9.17, 15) is 15.0 Å². The van der Waals surface area contributed by atoms with Crippen molar-refractivity contribution in [3.05, 3.63) is 12.2 Å². The molecule has 0 aliphatic heterocycles. The summed E-state index contributed by atoms with van der Waals surface area (Å²) in [6, 6.07) is -0.619. The Morgan fingerprint density at radius 3 is 0.776 bits per heavy atom. The fraction of sp³-hybridized carbons (Fsp3) is 0.952. The third kappa shape index (κ3) is 55.9. The van der Waals surface area contributed by atoms with Crippen LogP contribution in [-0.4, -0.2) is 34.9 Å². The van der Waals surface area contributed by atoms with Crippen LogP contribution in [0.25, 0.3) is 0 Å². The van der Waals surface area contributed by atoms with E-state index in [4.69, 9.17) is 0 Å². The molecule has 0 aromatic rings. The maximum atomic E-state index is 12.5. The summed E-state index contributed by atoms with van der Waals surface area (Å²) in [5.74, 6) is -0.0542. The number of aliphatic hydroxyl groups is 2. The summed E-state index contributed by atoms with van der Waals surface area (Å²) >= 11 is 0. The summed E-state index contributed by atoms with van der Waals surface area (Å²) in [6.45, 7) is 4.36. The summed E-state index contributed by atoms with van der Waals surface area (Å²) in [4.78, 5) is 12.5. The van der Waals surface area contributed by atoms with Crippen LogP contribution in [0.2, 0.25) is 0 Å². The summed E-state index contributed by atoms with van der Waals surface area (Å²) in [5, 5.41) is 23.2. The van der Waals surface area contributed by atoms with Crippen LogP contribution in [0.15, 0.2) is 12.2 Å². The van der Waals surface area contributed by atoms with Crippen LogP contribution in [0.5, 0.6) is 0 Å². The standard InChI is InChI=1S/C63H125NO3/c1-3-5-7-9-11-13-15-17-19-21-23-25-27-29-30-31-32-33-34-35-37-39-41-43-45-47-49-51-53-55-57-59-63(67)64-61(60-65)62(66)58-56-54-52-50-48-46-44-42-40-38-36-28-26-24-22-20-18-16-14-12-10-8-6-4-2/h56,58,61-62,65-66H,3-55,57,59-60H2,1-2H3,(H,64,67)/b58-56+. The highest BCUT2D eigenvalue weighted by molar-refractivity contribution is 5.76. The van der Waals surface area contributed by atoms with Crippen LogP contribution < -0.4 is 5.32 Å². The molecule has 0 heterocycles. The number of unbranched alkanes of at least 4 members (excludes halogenated alkanes) is 52. The minimum atomic E-state index is -0.836. The second-order valence-corrected chi connectivity index (χ2v) is 21.8. The van der Waals surface area contributed by atoms with Crippen LogP contribution in [0.4, 0.5) is 0 Å². The van der Waals surface area contributed by atoms with Crippen LogP contribution >= 0.6 is 0 Å². The Balaban J connectivity index is 3.41. The smallest absolute Gasteiger partial charge is 0.220 e. The molecule has 0 saturated carbocycles. The maximum absolute atomic E-state index is 12.5. The second-order valence-electron chi connectivity index (χ2n) is 21.8. The van der Waals surface area contributed by atoms with E-state index in [-0.39, 0.29) is 12.5 Å². The van der Waals surface area contributed by atoms with Crippen molar-refractivity contribution in [2.24, 2.45) is 0 Å². The lowest BCUT2D eigenvalue weighted by Crippen LogP contribution is -2.45. The van der Waals surface area contributed by atoms with Crippen molar-refractivity contribution in [1.82, 2.24) is 5.32 Å². The van der Waals surface area contributed by atoms with E-state index in [1.54, 1.807) is 6.08 Å². The molecule has 0 rings (SSSR count). The molecular weight excluding hydrogens is 819 g/mol. The van der Waals surface area contributed by atoms with Gasteiger partial charge in [0.1, 0.15) is 0 Å². The van der Waals surface area contributed by atoms with E-state index in [0.29, 0.717) is 6.42 Å². The fourth-order valence-corrected chi connectivity index (χ4v) is 10.2. The van der Waals surface area contributed by atoms with Gasteiger partial charge in [-0.1, -0.05) is 353 Å². The van der Waals surface area contributed by atoms with Gasteiger partial charge in [0.25, 0.3) is 0 Å². The van der Waals surface area contributed by atoms with Crippen LogP contribution in [0, 0.1) is 0 Å². The molecule has 0 aliphatic rings. The molecule has 67 heavy (non-hydrogen) atoms. The molecule has 3 N–H and O–H groups in total. The van der Waals surface area contributed by atoms with Crippen molar-refractivity contribution < 1.29 is 15.0 Å². The summed E-state index contributed by atoms with van der Waals surface area (Å²) < 4.78 is 0. The first-order valence-electron chi connectivity index (χ1n) is 31.4. The van der Waals surface area contributed by atoms with Gasteiger partial charge in [0, 0.05) is 6.42 Å². The number of aliphatic hydroxyl groups excluding tert-OH is 2. The van der Waals surface area contributed by atoms with Crippen molar-refractivity contribution in [2.75, 3.05) is 6.61 Å². The molecule has 0 fully saturated rings. The number of hydrogen-bond acceptors (Lipinski definition) is 3. The highest BCUT2D eigenvalue weighted by atomic mass is 16.3. The highest BCUT2D eigenvalue weighted by Gasteiger charge is 2.18. The minimum Gasteiger partial charge on any atom is -0.394 e. The second kappa shape index (κ2) is 59.4. The zero-order chi connectivity index (χ0) is 48.5. The first-order valence-corrected chi connectivity index (χ1v) is 31.4. The number of amides is 1. The first-order chi connectivity index (χ1) is 33.2. The largest absolute Gasteiger partial charge is 0.394 e. The van der Waals surface area contributed by atoms with Gasteiger partial charge in [-0.3, -0.25) is 4.79 Å². The number of rotatable bonds is 59. The first kappa shape index (κ1) is 66.1. The Bertz CT molecular complexity index is 936. The Labute approximate surface area is 422 Å². The SMILES string of the molecule is CCCCCCCCCCCCCCCCCCCCCCCC/C=C/C(O)C(CO)NC(=O)CCCCCCCCCCCCCCCCCCCCCCCCCCCCCCCCC. The van der Waals surface area contributed by atoms with Gasteiger partial charge >= 0.3 is 0 Å². The lowest BCUT2D eigenvalue weighted by molar-refractivity contribution is -0.123. The van der Waals surface area contributed by atoms with Crippen LogP contribution in [0.3, 0.4) is 0 Å². The van der Waals surface area contributed by atoms with Crippen molar-refractivity contribution in [3.63, 3.8) is 0 Å². The Morgan fingerprint density at radius 2 is 0.552 bits per heavy atom. The Kier molecular flexibility index (Phi) is 58.7. The third-order valence-electron chi connectivity index (χ3n) is 15.0. The number of carbonyl (C=O) groups is 1. The molecule has 400 valence electrons. The lowest BCUT2D eigenvalue weighted by atomic mass is 10.0. The molecule has 4 heteroatoms. The number of hydrogen-bond donors (Lipinski definition) is 3. The molecule has 0 aromatic carbocycles. The van der Waals surface area contributed by atoms with Gasteiger partial charge in [0.05, 0.1) is 18.8 Å². The van der Waals surface area contributed by atoms with Crippen molar-refractivity contribution in [2.45, 2.75) is 379 Å². The number of allylic oxidation sites excluding steroid dienone is 1. The van der Waals surface area contributed by atoms with E-state index in [1.165, 1.54) is 321 Å². The topological polar surface area (TPSA) is 69.6 Å². The normalized spacial score (nSPS) is 12.7. The summed E-state index contributed by atoms with van der Waals surface area (Å²) in [5.41, 5.74) is 0. The third-order valence-corrected chi connectivity index (χ3v) is 15.0. The molecule has 0 aliphatic carbocycles. The molecule has 4 nitrogen and oxygen atoms in total. The van der Waals surface area contributed by atoms with Gasteiger partial charge in [-0.25, -0.2) is 0 Å². The zero-order valence-electron chi connectivity index (χ0n) is 46.2. The predicted molar refractivity (Wildman–Crippen MR) is 299 cm³/mol. The fourth-order valence-electron chi connectivity index (χ4n) is 10.2. The molecular formula is C63H125NO3. The molecule has 2 unspecified atom stereocenters. The van der Waals surface area contributed by atoms with Crippen molar-refractivity contribution in [1.29, 1.82) is 0 Å². The summed E-state index contributed by atoms with van der Waals surface area (Å²) in [6.07, 6.45) is 78.4. The van der Waals surface area contributed by atoms with Crippen LogP contribution in [-0.2, 0) is 4.79 Å². The number of nitrogens with one attached hydrogen (secondary N) is 1.